The van der Waals surface area contributed by atoms with Crippen molar-refractivity contribution >= 4 is 40.9 Å². The van der Waals surface area contributed by atoms with Gasteiger partial charge < -0.3 is 16.4 Å². The van der Waals surface area contributed by atoms with Crippen LogP contribution in [0.25, 0.3) is 0 Å². The highest BCUT2D eigenvalue weighted by Crippen LogP contribution is 2.50. The first kappa shape index (κ1) is 21.6. The smallest absolute Gasteiger partial charge is 0.291 e. The van der Waals surface area contributed by atoms with Crippen molar-refractivity contribution < 1.29 is 24.5 Å². The maximum atomic E-state index is 13.8. The van der Waals surface area contributed by atoms with Crippen molar-refractivity contribution in [2.45, 2.75) is 38.4 Å². The van der Waals surface area contributed by atoms with Crippen LogP contribution in [0.5, 0.6) is 0 Å². The standard InChI is InChI=1S/C24H23ClN4O4/c1-11-7-8-14-20(12(11)2)27-23(33)24(14)19-18(16(28-24)9-17(26)30)21(31)29(22(19)32)10-13-5-3-4-6-15(13)25/h3-8,16,18-19,28H,9-10H2,1-2H3,(H2,26,30)(H,27,33)/p+1/t16-,18-,19+,24+/m1/s1. The van der Waals surface area contributed by atoms with Crippen LogP contribution < -0.4 is 16.4 Å². The molecule has 5 rings (SSSR count). The van der Waals surface area contributed by atoms with E-state index >= 15 is 0 Å². The van der Waals surface area contributed by atoms with Gasteiger partial charge in [0.25, 0.3) is 5.91 Å². The van der Waals surface area contributed by atoms with E-state index in [0.29, 0.717) is 21.8 Å². The molecule has 2 aromatic rings. The summed E-state index contributed by atoms with van der Waals surface area (Å²) >= 11 is 6.28. The van der Waals surface area contributed by atoms with E-state index in [4.69, 9.17) is 17.3 Å². The van der Waals surface area contributed by atoms with Gasteiger partial charge in [-0.05, 0) is 42.7 Å². The van der Waals surface area contributed by atoms with Gasteiger partial charge in [-0.2, -0.15) is 0 Å². The Morgan fingerprint density at radius 2 is 1.88 bits per heavy atom. The number of amides is 4. The number of carbonyl (C=O) groups is 4. The Morgan fingerprint density at radius 1 is 1.15 bits per heavy atom. The van der Waals surface area contributed by atoms with E-state index in [9.17, 15) is 19.2 Å². The lowest BCUT2D eigenvalue weighted by Crippen LogP contribution is -2.99. The average molecular weight is 468 g/mol. The third kappa shape index (κ3) is 2.94. The zero-order valence-electron chi connectivity index (χ0n) is 18.2. The van der Waals surface area contributed by atoms with Crippen LogP contribution in [0.1, 0.15) is 28.7 Å². The molecular weight excluding hydrogens is 444 g/mol. The molecule has 1 spiro atoms. The fraction of sp³-hybridized carbons (Fsp3) is 0.333. The summed E-state index contributed by atoms with van der Waals surface area (Å²) < 4.78 is 0. The predicted molar refractivity (Wildman–Crippen MR) is 120 cm³/mol. The Labute approximate surface area is 195 Å². The number of carbonyl (C=O) groups excluding carboxylic acids is 4. The Bertz CT molecular complexity index is 1240. The normalized spacial score (nSPS) is 27.8. The van der Waals surface area contributed by atoms with Crippen molar-refractivity contribution in [2.24, 2.45) is 17.6 Å². The van der Waals surface area contributed by atoms with Crippen LogP contribution in [0.2, 0.25) is 5.02 Å². The van der Waals surface area contributed by atoms with Crippen LogP contribution in [0, 0.1) is 25.7 Å². The largest absolute Gasteiger partial charge is 0.369 e. The molecule has 0 aromatic heterocycles. The van der Waals surface area contributed by atoms with E-state index in [2.05, 4.69) is 5.32 Å². The SMILES string of the molecule is Cc1ccc2c(c1C)NC(=O)[C@]21[NH2+][C@H](CC(N)=O)[C@H]2C(=O)N(Cc3ccccc3Cl)C(=O)[C@H]21. The van der Waals surface area contributed by atoms with Gasteiger partial charge in [-0.15, -0.1) is 0 Å². The summed E-state index contributed by atoms with van der Waals surface area (Å²) in [5.41, 5.74) is 8.03. The van der Waals surface area contributed by atoms with Crippen LogP contribution in [0.3, 0.4) is 0 Å². The van der Waals surface area contributed by atoms with Crippen LogP contribution in [0.15, 0.2) is 36.4 Å². The molecule has 3 heterocycles. The summed E-state index contributed by atoms with van der Waals surface area (Å²) in [6.45, 7) is 3.86. The second-order valence-electron chi connectivity index (χ2n) is 9.11. The molecule has 3 aliphatic heterocycles. The van der Waals surface area contributed by atoms with Crippen LogP contribution in [-0.2, 0) is 31.3 Å². The van der Waals surface area contributed by atoms with Crippen molar-refractivity contribution in [2.75, 3.05) is 5.32 Å². The number of aryl methyl sites for hydroxylation is 1. The minimum Gasteiger partial charge on any atom is -0.369 e. The number of likely N-dealkylation sites (tertiary alicyclic amines) is 1. The van der Waals surface area contributed by atoms with Gasteiger partial charge in [-0.3, -0.25) is 24.1 Å². The van der Waals surface area contributed by atoms with Gasteiger partial charge in [0, 0.05) is 10.6 Å². The number of hydrogen-bond acceptors (Lipinski definition) is 4. The summed E-state index contributed by atoms with van der Waals surface area (Å²) in [7, 11) is 0. The van der Waals surface area contributed by atoms with Gasteiger partial charge in [0.1, 0.15) is 17.9 Å². The lowest BCUT2D eigenvalue weighted by Gasteiger charge is -2.26. The summed E-state index contributed by atoms with van der Waals surface area (Å²) in [6.07, 6.45) is -0.116. The topological polar surface area (TPSA) is 126 Å². The number of benzene rings is 2. The second kappa shape index (κ2) is 7.40. The summed E-state index contributed by atoms with van der Waals surface area (Å²) in [4.78, 5) is 53.8. The molecule has 170 valence electrons. The number of nitrogens with one attached hydrogen (secondary N) is 1. The minimum absolute atomic E-state index is 0.00507. The molecule has 2 fully saturated rings. The third-order valence-electron chi connectivity index (χ3n) is 7.39. The molecule has 5 N–H and O–H groups in total. The van der Waals surface area contributed by atoms with Crippen molar-refractivity contribution in [1.82, 2.24) is 4.90 Å². The molecule has 2 aromatic carbocycles. The van der Waals surface area contributed by atoms with Gasteiger partial charge in [-0.25, -0.2) is 0 Å². The number of hydrogen-bond donors (Lipinski definition) is 3. The van der Waals surface area contributed by atoms with Crippen LogP contribution in [-0.4, -0.2) is 34.6 Å². The van der Waals surface area contributed by atoms with Crippen molar-refractivity contribution in [1.29, 1.82) is 0 Å². The lowest BCUT2D eigenvalue weighted by atomic mass is 9.76. The van der Waals surface area contributed by atoms with Gasteiger partial charge in [0.05, 0.1) is 18.7 Å². The predicted octanol–water partition coefficient (Wildman–Crippen LogP) is 0.727. The number of anilines is 1. The maximum Gasteiger partial charge on any atom is 0.291 e. The second-order valence-corrected chi connectivity index (χ2v) is 9.52. The molecule has 3 aliphatic rings. The fourth-order valence-electron chi connectivity index (χ4n) is 5.71. The summed E-state index contributed by atoms with van der Waals surface area (Å²) in [5, 5.41) is 5.10. The zero-order valence-corrected chi connectivity index (χ0v) is 19.0. The third-order valence-corrected chi connectivity index (χ3v) is 7.76. The van der Waals surface area contributed by atoms with Gasteiger partial charge >= 0.3 is 0 Å². The van der Waals surface area contributed by atoms with E-state index in [0.717, 1.165) is 11.1 Å². The van der Waals surface area contributed by atoms with E-state index in [1.54, 1.807) is 29.6 Å². The number of rotatable bonds is 4. The van der Waals surface area contributed by atoms with Gasteiger partial charge in [0.15, 0.2) is 0 Å². The average Bonchev–Trinajstić information content (AvgIpc) is 3.33. The highest BCUT2D eigenvalue weighted by molar-refractivity contribution is 6.31. The Kier molecular flexibility index (Phi) is 4.84. The van der Waals surface area contributed by atoms with E-state index in [1.807, 2.05) is 26.0 Å². The molecule has 4 atom stereocenters. The molecule has 0 bridgehead atoms. The monoisotopic (exact) mass is 467 g/mol. The highest BCUT2D eigenvalue weighted by atomic mass is 35.5. The minimum atomic E-state index is -1.33. The van der Waals surface area contributed by atoms with Gasteiger partial charge in [-0.1, -0.05) is 35.9 Å². The number of nitrogens with two attached hydrogens (primary N) is 2. The Balaban J connectivity index is 1.63. The molecule has 2 saturated heterocycles. The van der Waals surface area contributed by atoms with Crippen LogP contribution in [0.4, 0.5) is 5.69 Å². The molecule has 0 unspecified atom stereocenters. The first-order valence-electron chi connectivity index (χ1n) is 10.8. The van der Waals surface area contributed by atoms with E-state index in [-0.39, 0.29) is 18.9 Å². The number of fused-ring (bicyclic) bond motifs is 4. The lowest BCUT2D eigenvalue weighted by molar-refractivity contribution is -0.732. The van der Waals surface area contributed by atoms with Crippen LogP contribution >= 0.6 is 11.6 Å². The number of imide groups is 1. The molecule has 9 heteroatoms. The first-order chi connectivity index (χ1) is 15.7. The van der Waals surface area contributed by atoms with E-state index in [1.165, 1.54) is 4.90 Å². The first-order valence-corrected chi connectivity index (χ1v) is 11.2. The van der Waals surface area contributed by atoms with Crippen molar-refractivity contribution in [3.05, 3.63) is 63.7 Å². The van der Waals surface area contributed by atoms with Gasteiger partial charge in [0.2, 0.25) is 23.3 Å². The number of halogens is 1. The Hall–Kier alpha value is -3.23. The summed E-state index contributed by atoms with van der Waals surface area (Å²) in [5.74, 6) is -3.57. The number of quaternary nitrogens is 1. The molecule has 0 radical (unpaired) electrons. The molecule has 8 nitrogen and oxygen atoms in total. The summed E-state index contributed by atoms with van der Waals surface area (Å²) in [6, 6.07) is 10.1. The van der Waals surface area contributed by atoms with E-state index < -0.39 is 41.1 Å². The molecule has 33 heavy (non-hydrogen) atoms. The maximum absolute atomic E-state index is 13.8. The Morgan fingerprint density at radius 3 is 2.58 bits per heavy atom. The number of primary amides is 1. The number of nitrogens with zero attached hydrogens (tertiary/aromatic N) is 1. The van der Waals surface area contributed by atoms with Crippen molar-refractivity contribution in [3.8, 4) is 0 Å². The fourth-order valence-corrected chi connectivity index (χ4v) is 5.91. The molecular formula is C24H24ClN4O4+. The molecule has 0 saturated carbocycles. The highest BCUT2D eigenvalue weighted by Gasteiger charge is 2.74. The van der Waals surface area contributed by atoms with Crippen molar-refractivity contribution in [3.63, 3.8) is 0 Å². The zero-order chi connectivity index (χ0) is 23.7. The molecule has 4 amide bonds. The molecule has 0 aliphatic carbocycles. The quantitative estimate of drug-likeness (QED) is 0.573.